The van der Waals surface area contributed by atoms with Gasteiger partial charge < -0.3 is 5.32 Å². The number of carbonyl (C=O) groups is 1. The van der Waals surface area contributed by atoms with Crippen molar-refractivity contribution >= 4 is 16.8 Å². The van der Waals surface area contributed by atoms with Gasteiger partial charge in [-0.1, -0.05) is 0 Å². The highest BCUT2D eigenvalue weighted by Gasteiger charge is 2.28. The van der Waals surface area contributed by atoms with Crippen molar-refractivity contribution in [3.05, 3.63) is 60.1 Å². The molecule has 0 saturated heterocycles. The fourth-order valence-corrected chi connectivity index (χ4v) is 2.34. The van der Waals surface area contributed by atoms with Gasteiger partial charge in [-0.25, -0.2) is 13.8 Å². The average Bonchev–Trinajstić information content (AvgIpc) is 2.60. The molecule has 0 spiro atoms. The summed E-state index contributed by atoms with van der Waals surface area (Å²) in [6, 6.07) is 5.47. The summed E-state index contributed by atoms with van der Waals surface area (Å²) in [5.74, 6) is -2.45. The Kier molecular flexibility index (Phi) is 4.54. The second-order valence-corrected chi connectivity index (χ2v) is 5.38. The SMILES string of the molecule is O=C(NCC(F)(F)F)c1ccc2cncc(-c3cc(F)ccc3F)c2n1. The first-order valence-electron chi connectivity index (χ1n) is 7.30. The quantitative estimate of drug-likeness (QED) is 0.715. The van der Waals surface area contributed by atoms with Crippen LogP contribution in [-0.4, -0.2) is 28.6 Å². The highest BCUT2D eigenvalue weighted by molar-refractivity contribution is 5.98. The molecule has 26 heavy (non-hydrogen) atoms. The molecule has 0 unspecified atom stereocenters. The molecule has 3 aromatic rings. The molecule has 1 N–H and O–H groups in total. The monoisotopic (exact) mass is 367 g/mol. The maximum absolute atomic E-state index is 14.1. The summed E-state index contributed by atoms with van der Waals surface area (Å²) in [5, 5.41) is 2.12. The highest BCUT2D eigenvalue weighted by Crippen LogP contribution is 2.29. The Morgan fingerprint density at radius 1 is 1.04 bits per heavy atom. The van der Waals surface area contributed by atoms with Gasteiger partial charge in [-0.05, 0) is 30.3 Å². The van der Waals surface area contributed by atoms with Crippen molar-refractivity contribution in [3.8, 4) is 11.1 Å². The first kappa shape index (κ1) is 17.7. The van der Waals surface area contributed by atoms with Gasteiger partial charge in [0.25, 0.3) is 5.91 Å². The van der Waals surface area contributed by atoms with Crippen LogP contribution in [0.5, 0.6) is 0 Å². The van der Waals surface area contributed by atoms with Crippen LogP contribution in [0.1, 0.15) is 10.5 Å². The zero-order valence-corrected chi connectivity index (χ0v) is 12.9. The van der Waals surface area contributed by atoms with Crippen LogP contribution in [-0.2, 0) is 0 Å². The van der Waals surface area contributed by atoms with Crippen LogP contribution < -0.4 is 5.32 Å². The summed E-state index contributed by atoms with van der Waals surface area (Å²) in [7, 11) is 0. The number of hydrogen-bond acceptors (Lipinski definition) is 3. The van der Waals surface area contributed by atoms with Crippen LogP contribution in [0.4, 0.5) is 22.0 Å². The number of halogens is 5. The third-order valence-corrected chi connectivity index (χ3v) is 3.50. The standard InChI is InChI=1S/C17H10F5N3O/c18-10-2-3-13(19)11(5-10)12-7-23-6-9-1-4-14(25-15(9)12)16(26)24-8-17(20,21)22/h1-7H,8H2,(H,24,26). The molecular formula is C17H10F5N3O. The van der Waals surface area contributed by atoms with Gasteiger partial charge >= 0.3 is 6.18 Å². The molecule has 0 radical (unpaired) electrons. The molecule has 0 bridgehead atoms. The second-order valence-electron chi connectivity index (χ2n) is 5.38. The van der Waals surface area contributed by atoms with Crippen LogP contribution in [0.25, 0.3) is 22.0 Å². The van der Waals surface area contributed by atoms with E-state index in [0.717, 1.165) is 18.2 Å². The van der Waals surface area contributed by atoms with Crippen molar-refractivity contribution in [1.29, 1.82) is 0 Å². The first-order chi connectivity index (χ1) is 12.2. The van der Waals surface area contributed by atoms with E-state index >= 15 is 0 Å². The molecule has 2 aromatic heterocycles. The van der Waals surface area contributed by atoms with E-state index in [4.69, 9.17) is 0 Å². The third-order valence-electron chi connectivity index (χ3n) is 3.50. The number of nitrogens with one attached hydrogen (secondary N) is 1. The summed E-state index contributed by atoms with van der Waals surface area (Å²) < 4.78 is 64.2. The molecule has 4 nitrogen and oxygen atoms in total. The predicted octanol–water partition coefficient (Wildman–Crippen LogP) is 3.87. The maximum atomic E-state index is 14.1. The van der Waals surface area contributed by atoms with E-state index in [0.29, 0.717) is 5.39 Å². The lowest BCUT2D eigenvalue weighted by Crippen LogP contribution is -2.34. The molecule has 3 rings (SSSR count). The minimum absolute atomic E-state index is 0.115. The molecule has 0 saturated carbocycles. The van der Waals surface area contributed by atoms with Gasteiger partial charge in [0.2, 0.25) is 0 Å². The molecule has 1 aromatic carbocycles. The Bertz CT molecular complexity index is 988. The van der Waals surface area contributed by atoms with Crippen molar-refractivity contribution in [2.45, 2.75) is 6.18 Å². The third kappa shape index (κ3) is 3.76. The average molecular weight is 367 g/mol. The molecule has 0 aliphatic carbocycles. The van der Waals surface area contributed by atoms with Crippen LogP contribution in [0.15, 0.2) is 42.7 Å². The molecular weight excluding hydrogens is 357 g/mol. The zero-order chi connectivity index (χ0) is 18.9. The van der Waals surface area contributed by atoms with Gasteiger partial charge in [0.1, 0.15) is 23.9 Å². The number of nitrogens with zero attached hydrogens (tertiary/aromatic N) is 2. The van der Waals surface area contributed by atoms with Crippen LogP contribution in [0.2, 0.25) is 0 Å². The van der Waals surface area contributed by atoms with Crippen LogP contribution in [0, 0.1) is 11.6 Å². The lowest BCUT2D eigenvalue weighted by atomic mass is 10.0. The Morgan fingerprint density at radius 3 is 2.54 bits per heavy atom. The molecule has 134 valence electrons. The smallest absolute Gasteiger partial charge is 0.342 e. The molecule has 0 aliphatic rings. The molecule has 1 amide bonds. The van der Waals surface area contributed by atoms with Crippen molar-refractivity contribution in [2.24, 2.45) is 0 Å². The normalized spacial score (nSPS) is 11.6. The Balaban J connectivity index is 2.06. The number of fused-ring (bicyclic) bond motifs is 1. The van der Waals surface area contributed by atoms with Crippen molar-refractivity contribution < 1.29 is 26.7 Å². The van der Waals surface area contributed by atoms with E-state index in [1.807, 2.05) is 0 Å². The van der Waals surface area contributed by atoms with Crippen LogP contribution >= 0.6 is 0 Å². The number of rotatable bonds is 3. The minimum Gasteiger partial charge on any atom is -0.342 e. The molecule has 0 atom stereocenters. The van der Waals surface area contributed by atoms with Gasteiger partial charge in [0, 0.05) is 28.9 Å². The Labute approximate surface area is 143 Å². The number of aromatic nitrogens is 2. The predicted molar refractivity (Wildman–Crippen MR) is 83.3 cm³/mol. The van der Waals surface area contributed by atoms with Crippen molar-refractivity contribution in [3.63, 3.8) is 0 Å². The summed E-state index contributed by atoms with van der Waals surface area (Å²) in [6.45, 7) is -1.51. The molecule has 9 heteroatoms. The number of carbonyl (C=O) groups excluding carboxylic acids is 1. The summed E-state index contributed by atoms with van der Waals surface area (Å²) >= 11 is 0. The maximum Gasteiger partial charge on any atom is 0.405 e. The van der Waals surface area contributed by atoms with Gasteiger partial charge in [-0.3, -0.25) is 9.78 Å². The lowest BCUT2D eigenvalue weighted by molar-refractivity contribution is -0.123. The van der Waals surface area contributed by atoms with E-state index in [9.17, 15) is 26.7 Å². The topological polar surface area (TPSA) is 54.9 Å². The Morgan fingerprint density at radius 2 is 1.81 bits per heavy atom. The summed E-state index contributed by atoms with van der Waals surface area (Å²) in [6.07, 6.45) is -1.93. The number of amides is 1. The van der Waals surface area contributed by atoms with Gasteiger partial charge in [-0.15, -0.1) is 0 Å². The van der Waals surface area contributed by atoms with Crippen molar-refractivity contribution in [1.82, 2.24) is 15.3 Å². The van der Waals surface area contributed by atoms with E-state index in [-0.39, 0.29) is 22.3 Å². The first-order valence-corrected chi connectivity index (χ1v) is 7.30. The van der Waals surface area contributed by atoms with E-state index < -0.39 is 30.3 Å². The fraction of sp³-hybridized carbons (Fsp3) is 0.118. The highest BCUT2D eigenvalue weighted by atomic mass is 19.4. The van der Waals surface area contributed by atoms with E-state index in [1.54, 1.807) is 5.32 Å². The summed E-state index contributed by atoms with van der Waals surface area (Å²) in [5.41, 5.74) is -0.177. The largest absolute Gasteiger partial charge is 0.405 e. The van der Waals surface area contributed by atoms with Gasteiger partial charge in [0.05, 0.1) is 5.52 Å². The number of pyridine rings is 2. The number of alkyl halides is 3. The zero-order valence-electron chi connectivity index (χ0n) is 12.9. The van der Waals surface area contributed by atoms with E-state index in [2.05, 4.69) is 9.97 Å². The number of hydrogen-bond donors (Lipinski definition) is 1. The number of benzene rings is 1. The lowest BCUT2D eigenvalue weighted by Gasteiger charge is -2.10. The fourth-order valence-electron chi connectivity index (χ4n) is 2.34. The minimum atomic E-state index is -4.56. The molecule has 0 fully saturated rings. The summed E-state index contributed by atoms with van der Waals surface area (Å²) in [4.78, 5) is 19.8. The molecule has 2 heterocycles. The molecule has 0 aliphatic heterocycles. The second kappa shape index (κ2) is 6.66. The van der Waals surface area contributed by atoms with Crippen LogP contribution in [0.3, 0.4) is 0 Å². The van der Waals surface area contributed by atoms with Gasteiger partial charge in [0.15, 0.2) is 0 Å². The van der Waals surface area contributed by atoms with Gasteiger partial charge in [-0.2, -0.15) is 13.2 Å². The Hall–Kier alpha value is -3.10. The van der Waals surface area contributed by atoms with E-state index in [1.165, 1.54) is 24.5 Å². The van der Waals surface area contributed by atoms with Crippen molar-refractivity contribution in [2.75, 3.05) is 6.54 Å².